The predicted molar refractivity (Wildman–Crippen MR) is 98.4 cm³/mol. The summed E-state index contributed by atoms with van der Waals surface area (Å²) in [6.07, 6.45) is 6.99. The van der Waals surface area contributed by atoms with Gasteiger partial charge in [-0.05, 0) is 43.4 Å². The normalized spacial score (nSPS) is 13.6. The third-order valence-corrected chi connectivity index (χ3v) is 4.43. The standard InChI is InChI=1S/C19H20N6/c1-25(14-5-3-2-4-6-14)19-21-10-9-16(24-19)15-12-22-18(20)23-17(15)11-13-7-8-13/h2-6,9-10,12-13H,7-8,11H2,1H3,(H2,20,22,23). The van der Waals surface area contributed by atoms with E-state index in [1.54, 1.807) is 12.4 Å². The Bertz CT molecular complexity index is 876. The van der Waals surface area contributed by atoms with Gasteiger partial charge in [0.2, 0.25) is 11.9 Å². The Kier molecular flexibility index (Phi) is 4.01. The van der Waals surface area contributed by atoms with Crippen molar-refractivity contribution in [2.24, 2.45) is 5.92 Å². The molecule has 0 unspecified atom stereocenters. The molecule has 0 radical (unpaired) electrons. The van der Waals surface area contributed by atoms with Gasteiger partial charge in [-0.25, -0.2) is 19.9 Å². The van der Waals surface area contributed by atoms with E-state index in [-0.39, 0.29) is 0 Å². The van der Waals surface area contributed by atoms with Gasteiger partial charge in [0.15, 0.2) is 0 Å². The minimum Gasteiger partial charge on any atom is -0.368 e. The Morgan fingerprint density at radius 2 is 1.88 bits per heavy atom. The monoisotopic (exact) mass is 332 g/mol. The minimum atomic E-state index is 0.315. The van der Waals surface area contributed by atoms with Crippen LogP contribution >= 0.6 is 0 Å². The van der Waals surface area contributed by atoms with Crippen LogP contribution < -0.4 is 10.6 Å². The molecule has 1 aliphatic rings. The lowest BCUT2D eigenvalue weighted by Crippen LogP contribution is -2.13. The number of anilines is 3. The fourth-order valence-electron chi connectivity index (χ4n) is 2.82. The zero-order chi connectivity index (χ0) is 17.2. The number of benzene rings is 1. The second kappa shape index (κ2) is 6.47. The van der Waals surface area contributed by atoms with Crippen LogP contribution in [0, 0.1) is 5.92 Å². The minimum absolute atomic E-state index is 0.315. The van der Waals surface area contributed by atoms with Crippen molar-refractivity contribution in [3.63, 3.8) is 0 Å². The number of aromatic nitrogens is 4. The van der Waals surface area contributed by atoms with Gasteiger partial charge < -0.3 is 10.6 Å². The van der Waals surface area contributed by atoms with Crippen LogP contribution in [0.5, 0.6) is 0 Å². The summed E-state index contributed by atoms with van der Waals surface area (Å²) in [4.78, 5) is 19.7. The molecule has 1 fully saturated rings. The molecule has 6 heteroatoms. The summed E-state index contributed by atoms with van der Waals surface area (Å²) in [7, 11) is 1.96. The summed E-state index contributed by atoms with van der Waals surface area (Å²) < 4.78 is 0. The second-order valence-electron chi connectivity index (χ2n) is 6.37. The molecule has 1 aliphatic carbocycles. The van der Waals surface area contributed by atoms with E-state index in [1.807, 2.05) is 48.3 Å². The first-order chi connectivity index (χ1) is 12.2. The van der Waals surface area contributed by atoms with Crippen molar-refractivity contribution < 1.29 is 0 Å². The zero-order valence-corrected chi connectivity index (χ0v) is 14.1. The molecule has 1 aromatic carbocycles. The Hall–Kier alpha value is -3.02. The van der Waals surface area contributed by atoms with E-state index in [0.717, 1.165) is 29.1 Å². The lowest BCUT2D eigenvalue weighted by molar-refractivity contribution is 0.802. The third kappa shape index (κ3) is 3.42. The molecule has 2 N–H and O–H groups in total. The number of nitrogens with zero attached hydrogens (tertiary/aromatic N) is 5. The molecule has 4 rings (SSSR count). The molecule has 0 spiro atoms. The average molecular weight is 332 g/mol. The van der Waals surface area contributed by atoms with E-state index in [1.165, 1.54) is 12.8 Å². The summed E-state index contributed by atoms with van der Waals surface area (Å²) in [5.74, 6) is 1.66. The topological polar surface area (TPSA) is 80.8 Å². The van der Waals surface area contributed by atoms with Crippen molar-refractivity contribution in [2.45, 2.75) is 19.3 Å². The van der Waals surface area contributed by atoms with E-state index < -0.39 is 0 Å². The molecule has 6 nitrogen and oxygen atoms in total. The summed E-state index contributed by atoms with van der Waals surface area (Å²) >= 11 is 0. The van der Waals surface area contributed by atoms with Crippen molar-refractivity contribution in [1.29, 1.82) is 0 Å². The fourth-order valence-corrected chi connectivity index (χ4v) is 2.82. The van der Waals surface area contributed by atoms with E-state index in [9.17, 15) is 0 Å². The number of hydrogen-bond donors (Lipinski definition) is 1. The predicted octanol–water partition coefficient (Wildman–Crippen LogP) is 3.24. The van der Waals surface area contributed by atoms with Crippen LogP contribution in [-0.4, -0.2) is 27.0 Å². The first-order valence-electron chi connectivity index (χ1n) is 8.44. The van der Waals surface area contributed by atoms with Gasteiger partial charge in [-0.1, -0.05) is 18.2 Å². The van der Waals surface area contributed by atoms with Gasteiger partial charge in [0.25, 0.3) is 0 Å². The molecule has 126 valence electrons. The summed E-state index contributed by atoms with van der Waals surface area (Å²) in [5.41, 5.74) is 9.56. The Labute approximate surface area is 146 Å². The van der Waals surface area contributed by atoms with Crippen LogP contribution in [0.25, 0.3) is 11.3 Å². The largest absolute Gasteiger partial charge is 0.368 e. The highest BCUT2D eigenvalue weighted by molar-refractivity contribution is 5.64. The van der Waals surface area contributed by atoms with Crippen LogP contribution in [0.3, 0.4) is 0 Å². The van der Waals surface area contributed by atoms with Gasteiger partial charge in [-0.2, -0.15) is 0 Å². The highest BCUT2D eigenvalue weighted by Gasteiger charge is 2.24. The highest BCUT2D eigenvalue weighted by atomic mass is 15.2. The highest BCUT2D eigenvalue weighted by Crippen LogP contribution is 2.35. The van der Waals surface area contributed by atoms with Crippen molar-refractivity contribution in [3.05, 3.63) is 54.5 Å². The molecule has 0 atom stereocenters. The lowest BCUT2D eigenvalue weighted by atomic mass is 10.1. The maximum absolute atomic E-state index is 5.79. The lowest BCUT2D eigenvalue weighted by Gasteiger charge is -2.18. The molecule has 0 amide bonds. The van der Waals surface area contributed by atoms with Crippen LogP contribution in [0.2, 0.25) is 0 Å². The molecule has 3 aromatic rings. The first-order valence-corrected chi connectivity index (χ1v) is 8.44. The molecule has 2 aromatic heterocycles. The van der Waals surface area contributed by atoms with Crippen LogP contribution in [0.15, 0.2) is 48.8 Å². The zero-order valence-electron chi connectivity index (χ0n) is 14.1. The summed E-state index contributed by atoms with van der Waals surface area (Å²) in [6, 6.07) is 11.9. The number of nitrogens with two attached hydrogens (primary N) is 1. The molecule has 1 saturated carbocycles. The van der Waals surface area contributed by atoms with Crippen LogP contribution in [0.1, 0.15) is 18.5 Å². The van der Waals surface area contributed by atoms with Crippen molar-refractivity contribution in [1.82, 2.24) is 19.9 Å². The smallest absolute Gasteiger partial charge is 0.230 e. The second-order valence-corrected chi connectivity index (χ2v) is 6.37. The number of nitrogen functional groups attached to an aromatic ring is 1. The Morgan fingerprint density at radius 1 is 1.08 bits per heavy atom. The number of para-hydroxylation sites is 1. The van der Waals surface area contributed by atoms with E-state index >= 15 is 0 Å². The van der Waals surface area contributed by atoms with Gasteiger partial charge in [0, 0.05) is 30.7 Å². The summed E-state index contributed by atoms with van der Waals surface area (Å²) in [6.45, 7) is 0. The van der Waals surface area contributed by atoms with E-state index in [2.05, 4.69) is 15.0 Å². The number of rotatable bonds is 5. The maximum atomic E-state index is 5.79. The molecule has 0 aliphatic heterocycles. The van der Waals surface area contributed by atoms with Crippen molar-refractivity contribution in [3.8, 4) is 11.3 Å². The SMILES string of the molecule is CN(c1ccccc1)c1nccc(-c2cnc(N)nc2CC2CC2)n1. The van der Waals surface area contributed by atoms with Gasteiger partial charge >= 0.3 is 0 Å². The molecule has 2 heterocycles. The van der Waals surface area contributed by atoms with E-state index in [0.29, 0.717) is 17.8 Å². The van der Waals surface area contributed by atoms with Gasteiger partial charge in [0.1, 0.15) is 0 Å². The van der Waals surface area contributed by atoms with Crippen molar-refractivity contribution in [2.75, 3.05) is 17.7 Å². The first kappa shape index (κ1) is 15.5. The van der Waals surface area contributed by atoms with Crippen molar-refractivity contribution >= 4 is 17.6 Å². The fraction of sp³-hybridized carbons (Fsp3) is 0.263. The third-order valence-electron chi connectivity index (χ3n) is 4.43. The average Bonchev–Trinajstić information content (AvgIpc) is 3.46. The molecule has 0 saturated heterocycles. The van der Waals surface area contributed by atoms with Crippen LogP contribution in [-0.2, 0) is 6.42 Å². The summed E-state index contributed by atoms with van der Waals surface area (Å²) in [5, 5.41) is 0. The van der Waals surface area contributed by atoms with E-state index in [4.69, 9.17) is 10.7 Å². The van der Waals surface area contributed by atoms with Gasteiger partial charge in [-0.3, -0.25) is 0 Å². The molecule has 0 bridgehead atoms. The van der Waals surface area contributed by atoms with Gasteiger partial charge in [0.05, 0.1) is 11.4 Å². The Balaban J connectivity index is 1.70. The molecular weight excluding hydrogens is 312 g/mol. The Morgan fingerprint density at radius 3 is 2.64 bits per heavy atom. The maximum Gasteiger partial charge on any atom is 0.230 e. The quantitative estimate of drug-likeness (QED) is 0.772. The molecule has 25 heavy (non-hydrogen) atoms. The number of hydrogen-bond acceptors (Lipinski definition) is 6. The van der Waals surface area contributed by atoms with Crippen LogP contribution in [0.4, 0.5) is 17.6 Å². The van der Waals surface area contributed by atoms with Gasteiger partial charge in [-0.15, -0.1) is 0 Å². The molecular formula is C19H20N6.